The molecule has 74 valence electrons. The van der Waals surface area contributed by atoms with Crippen molar-refractivity contribution < 1.29 is 4.79 Å². The lowest BCUT2D eigenvalue weighted by Crippen LogP contribution is -2.29. The molecule has 0 radical (unpaired) electrons. The third kappa shape index (κ3) is 2.68. The standard InChI is InChI=1S/C12H20O/c1-3-4-7-12(10-13)8-5-6-11(2)9-12/h3,10-11H,1,4-9H2,2H3. The Hall–Kier alpha value is -0.590. The molecule has 13 heavy (non-hydrogen) atoms. The molecule has 1 nitrogen and oxygen atoms in total. The first-order chi connectivity index (χ1) is 6.22. The fourth-order valence-electron chi connectivity index (χ4n) is 2.48. The van der Waals surface area contributed by atoms with Crippen molar-refractivity contribution in [3.63, 3.8) is 0 Å². The largest absolute Gasteiger partial charge is 0.303 e. The highest BCUT2D eigenvalue weighted by molar-refractivity contribution is 5.59. The van der Waals surface area contributed by atoms with Gasteiger partial charge in [0.15, 0.2) is 0 Å². The van der Waals surface area contributed by atoms with Crippen LogP contribution in [0.2, 0.25) is 0 Å². The third-order valence-electron chi connectivity index (χ3n) is 3.22. The number of carbonyl (C=O) groups is 1. The number of aldehydes is 1. The van der Waals surface area contributed by atoms with Gasteiger partial charge in [0.05, 0.1) is 0 Å². The van der Waals surface area contributed by atoms with Crippen LogP contribution >= 0.6 is 0 Å². The number of rotatable bonds is 4. The Morgan fingerprint density at radius 1 is 1.62 bits per heavy atom. The zero-order valence-corrected chi connectivity index (χ0v) is 8.59. The van der Waals surface area contributed by atoms with E-state index in [1.807, 2.05) is 6.08 Å². The molecule has 1 rings (SSSR count). The van der Waals surface area contributed by atoms with Crippen molar-refractivity contribution in [2.75, 3.05) is 0 Å². The molecular weight excluding hydrogens is 160 g/mol. The zero-order chi connectivity index (χ0) is 9.73. The molecule has 1 saturated carbocycles. The van der Waals surface area contributed by atoms with Gasteiger partial charge in [-0.15, -0.1) is 6.58 Å². The van der Waals surface area contributed by atoms with Crippen LogP contribution in [0.25, 0.3) is 0 Å². The summed E-state index contributed by atoms with van der Waals surface area (Å²) in [5.74, 6) is 0.726. The average Bonchev–Trinajstić information content (AvgIpc) is 2.15. The smallest absolute Gasteiger partial charge is 0.126 e. The maximum atomic E-state index is 11.1. The molecule has 0 N–H and O–H groups in total. The van der Waals surface area contributed by atoms with Crippen LogP contribution in [0.1, 0.15) is 45.4 Å². The fraction of sp³-hybridized carbons (Fsp3) is 0.750. The van der Waals surface area contributed by atoms with Gasteiger partial charge in [0.25, 0.3) is 0 Å². The molecule has 1 fully saturated rings. The van der Waals surface area contributed by atoms with Gasteiger partial charge in [-0.05, 0) is 31.6 Å². The Kier molecular flexibility index (Phi) is 3.71. The summed E-state index contributed by atoms with van der Waals surface area (Å²) >= 11 is 0. The van der Waals surface area contributed by atoms with Gasteiger partial charge >= 0.3 is 0 Å². The molecule has 0 saturated heterocycles. The van der Waals surface area contributed by atoms with Crippen molar-refractivity contribution in [3.8, 4) is 0 Å². The summed E-state index contributed by atoms with van der Waals surface area (Å²) in [5, 5.41) is 0. The lowest BCUT2D eigenvalue weighted by Gasteiger charge is -2.35. The lowest BCUT2D eigenvalue weighted by atomic mass is 9.69. The number of hydrogen-bond donors (Lipinski definition) is 0. The minimum atomic E-state index is -0.00808. The Bertz CT molecular complexity index is 186. The minimum absolute atomic E-state index is 0.00808. The van der Waals surface area contributed by atoms with Crippen molar-refractivity contribution in [3.05, 3.63) is 12.7 Å². The molecule has 1 aliphatic carbocycles. The van der Waals surface area contributed by atoms with E-state index in [1.165, 1.54) is 19.1 Å². The molecule has 0 aromatic rings. The van der Waals surface area contributed by atoms with Crippen LogP contribution < -0.4 is 0 Å². The van der Waals surface area contributed by atoms with Crippen LogP contribution in [0, 0.1) is 11.3 Å². The van der Waals surface area contributed by atoms with Crippen molar-refractivity contribution in [1.29, 1.82) is 0 Å². The van der Waals surface area contributed by atoms with E-state index in [-0.39, 0.29) is 5.41 Å². The van der Waals surface area contributed by atoms with E-state index in [0.29, 0.717) is 0 Å². The van der Waals surface area contributed by atoms with Gasteiger partial charge < -0.3 is 4.79 Å². The van der Waals surface area contributed by atoms with Gasteiger partial charge in [0.2, 0.25) is 0 Å². The average molecular weight is 180 g/mol. The molecule has 1 heteroatoms. The van der Waals surface area contributed by atoms with Gasteiger partial charge in [-0.1, -0.05) is 25.8 Å². The Labute approximate surface area is 81.2 Å². The summed E-state index contributed by atoms with van der Waals surface area (Å²) in [6.07, 6.45) is 9.80. The second-order valence-corrected chi connectivity index (χ2v) is 4.51. The van der Waals surface area contributed by atoms with Crippen molar-refractivity contribution in [1.82, 2.24) is 0 Å². The maximum absolute atomic E-state index is 11.1. The third-order valence-corrected chi connectivity index (χ3v) is 3.22. The number of carbonyl (C=O) groups excluding carboxylic acids is 1. The minimum Gasteiger partial charge on any atom is -0.303 e. The Morgan fingerprint density at radius 2 is 2.38 bits per heavy atom. The molecule has 0 bridgehead atoms. The molecule has 0 aromatic heterocycles. The van der Waals surface area contributed by atoms with Crippen LogP contribution in [-0.4, -0.2) is 6.29 Å². The van der Waals surface area contributed by atoms with Crippen LogP contribution in [-0.2, 0) is 4.79 Å². The second-order valence-electron chi connectivity index (χ2n) is 4.51. The van der Waals surface area contributed by atoms with Gasteiger partial charge in [-0.2, -0.15) is 0 Å². The van der Waals surface area contributed by atoms with Crippen LogP contribution in [0.3, 0.4) is 0 Å². The Morgan fingerprint density at radius 3 is 2.92 bits per heavy atom. The first kappa shape index (κ1) is 10.5. The van der Waals surface area contributed by atoms with Crippen LogP contribution in [0.15, 0.2) is 12.7 Å². The first-order valence-electron chi connectivity index (χ1n) is 5.30. The fourth-order valence-corrected chi connectivity index (χ4v) is 2.48. The summed E-state index contributed by atoms with van der Waals surface area (Å²) in [6.45, 7) is 5.97. The second kappa shape index (κ2) is 4.59. The summed E-state index contributed by atoms with van der Waals surface area (Å²) in [7, 11) is 0. The van der Waals surface area contributed by atoms with E-state index >= 15 is 0 Å². The highest BCUT2D eigenvalue weighted by Crippen LogP contribution is 2.41. The quantitative estimate of drug-likeness (QED) is 0.479. The summed E-state index contributed by atoms with van der Waals surface area (Å²) < 4.78 is 0. The van der Waals surface area contributed by atoms with Gasteiger partial charge in [0, 0.05) is 5.41 Å². The molecule has 0 aliphatic heterocycles. The predicted molar refractivity (Wildman–Crippen MR) is 55.6 cm³/mol. The summed E-state index contributed by atoms with van der Waals surface area (Å²) in [6, 6.07) is 0. The zero-order valence-electron chi connectivity index (χ0n) is 8.59. The topological polar surface area (TPSA) is 17.1 Å². The van der Waals surface area contributed by atoms with E-state index in [4.69, 9.17) is 0 Å². The highest BCUT2D eigenvalue weighted by atomic mass is 16.1. The van der Waals surface area contributed by atoms with Crippen LogP contribution in [0.5, 0.6) is 0 Å². The normalized spacial score (nSPS) is 34.1. The molecule has 1 aliphatic rings. The highest BCUT2D eigenvalue weighted by Gasteiger charge is 2.33. The molecule has 0 aromatic carbocycles. The van der Waals surface area contributed by atoms with Crippen molar-refractivity contribution >= 4 is 6.29 Å². The van der Waals surface area contributed by atoms with Gasteiger partial charge in [-0.25, -0.2) is 0 Å². The molecular formula is C12H20O. The molecule has 2 unspecified atom stereocenters. The molecule has 0 amide bonds. The van der Waals surface area contributed by atoms with E-state index in [9.17, 15) is 4.79 Å². The summed E-state index contributed by atoms with van der Waals surface area (Å²) in [4.78, 5) is 11.1. The van der Waals surface area contributed by atoms with Crippen molar-refractivity contribution in [2.24, 2.45) is 11.3 Å². The SMILES string of the molecule is C=CCCC1(C=O)CCCC(C)C1. The number of allylic oxidation sites excluding steroid dienone is 1. The van der Waals surface area contributed by atoms with E-state index in [1.54, 1.807) is 0 Å². The predicted octanol–water partition coefficient (Wildman–Crippen LogP) is 3.35. The van der Waals surface area contributed by atoms with Crippen molar-refractivity contribution in [2.45, 2.75) is 45.4 Å². The monoisotopic (exact) mass is 180 g/mol. The van der Waals surface area contributed by atoms with E-state index in [2.05, 4.69) is 13.5 Å². The van der Waals surface area contributed by atoms with Gasteiger partial charge in [-0.3, -0.25) is 0 Å². The first-order valence-corrected chi connectivity index (χ1v) is 5.30. The Balaban J connectivity index is 2.55. The molecule has 2 atom stereocenters. The molecule has 0 spiro atoms. The summed E-state index contributed by atoms with van der Waals surface area (Å²) in [5.41, 5.74) is -0.00808. The van der Waals surface area contributed by atoms with Crippen LogP contribution in [0.4, 0.5) is 0 Å². The lowest BCUT2D eigenvalue weighted by molar-refractivity contribution is -0.119. The van der Waals surface area contributed by atoms with E-state index in [0.717, 1.165) is 31.6 Å². The number of hydrogen-bond acceptors (Lipinski definition) is 1. The molecule has 0 heterocycles. The van der Waals surface area contributed by atoms with Gasteiger partial charge in [0.1, 0.15) is 6.29 Å². The maximum Gasteiger partial charge on any atom is 0.126 e. The van der Waals surface area contributed by atoms with E-state index < -0.39 is 0 Å².